The van der Waals surface area contributed by atoms with Crippen molar-refractivity contribution in [1.29, 1.82) is 0 Å². The Balaban J connectivity index is 2.34. The van der Waals surface area contributed by atoms with Crippen molar-refractivity contribution in [1.82, 2.24) is 4.98 Å². The SMILES string of the molecule is CCC(N)C(Oc1cc(Cl)c(Br)cc1Cl)c1ccncc1. The van der Waals surface area contributed by atoms with Gasteiger partial charge in [0.25, 0.3) is 0 Å². The number of ether oxygens (including phenoxy) is 1. The molecule has 2 atom stereocenters. The van der Waals surface area contributed by atoms with Crippen molar-refractivity contribution < 1.29 is 4.74 Å². The minimum Gasteiger partial charge on any atom is -0.482 e. The van der Waals surface area contributed by atoms with E-state index in [-0.39, 0.29) is 12.1 Å². The molecule has 1 aromatic carbocycles. The lowest BCUT2D eigenvalue weighted by molar-refractivity contribution is 0.171. The summed E-state index contributed by atoms with van der Waals surface area (Å²) in [7, 11) is 0. The molecule has 2 N–H and O–H groups in total. The van der Waals surface area contributed by atoms with E-state index in [2.05, 4.69) is 20.9 Å². The molecule has 0 radical (unpaired) electrons. The van der Waals surface area contributed by atoms with Gasteiger partial charge in [0, 0.05) is 29.0 Å². The Morgan fingerprint density at radius 2 is 1.90 bits per heavy atom. The summed E-state index contributed by atoms with van der Waals surface area (Å²) in [5.74, 6) is 0.510. The standard InChI is InChI=1S/C15H15BrCl2N2O/c1-2-13(19)15(9-3-5-20-6-4-9)21-14-8-11(17)10(16)7-12(14)18/h3-8,13,15H,2,19H2,1H3. The van der Waals surface area contributed by atoms with Crippen molar-refractivity contribution in [3.63, 3.8) is 0 Å². The number of hydrogen-bond acceptors (Lipinski definition) is 3. The summed E-state index contributed by atoms with van der Waals surface area (Å²) < 4.78 is 6.75. The van der Waals surface area contributed by atoms with Crippen LogP contribution in [-0.4, -0.2) is 11.0 Å². The van der Waals surface area contributed by atoms with Gasteiger partial charge in [-0.2, -0.15) is 0 Å². The molecule has 0 aliphatic carbocycles. The Morgan fingerprint density at radius 3 is 2.52 bits per heavy atom. The number of pyridine rings is 1. The van der Waals surface area contributed by atoms with Crippen LogP contribution in [0.15, 0.2) is 41.1 Å². The second-order valence-corrected chi connectivity index (χ2v) is 6.26. The van der Waals surface area contributed by atoms with E-state index >= 15 is 0 Å². The van der Waals surface area contributed by atoms with E-state index in [0.29, 0.717) is 15.8 Å². The van der Waals surface area contributed by atoms with Crippen LogP contribution in [0.25, 0.3) is 0 Å². The highest BCUT2D eigenvalue weighted by Crippen LogP contribution is 2.37. The second-order valence-electron chi connectivity index (χ2n) is 4.59. The number of nitrogens with two attached hydrogens (primary N) is 1. The fourth-order valence-corrected chi connectivity index (χ4v) is 2.74. The minimum absolute atomic E-state index is 0.161. The predicted molar refractivity (Wildman–Crippen MR) is 90.0 cm³/mol. The molecule has 1 heterocycles. The largest absolute Gasteiger partial charge is 0.482 e. The normalized spacial score (nSPS) is 13.8. The van der Waals surface area contributed by atoms with Gasteiger partial charge in [0.05, 0.1) is 10.0 Å². The molecule has 0 aliphatic rings. The highest BCUT2D eigenvalue weighted by molar-refractivity contribution is 9.10. The molecule has 0 amide bonds. The van der Waals surface area contributed by atoms with Crippen molar-refractivity contribution in [3.05, 3.63) is 56.7 Å². The Hall–Kier alpha value is -0.810. The third-order valence-corrected chi connectivity index (χ3v) is 4.62. The molecule has 6 heteroatoms. The summed E-state index contributed by atoms with van der Waals surface area (Å²) >= 11 is 15.6. The van der Waals surface area contributed by atoms with E-state index in [4.69, 9.17) is 33.7 Å². The first-order valence-corrected chi connectivity index (χ1v) is 8.04. The summed E-state index contributed by atoms with van der Waals surface area (Å²) in [5, 5.41) is 1.02. The first kappa shape index (κ1) is 16.6. The number of benzene rings is 1. The third-order valence-electron chi connectivity index (χ3n) is 3.12. The summed E-state index contributed by atoms with van der Waals surface area (Å²) in [6.07, 6.45) is 3.89. The van der Waals surface area contributed by atoms with Crippen LogP contribution in [0.2, 0.25) is 10.0 Å². The molecule has 3 nitrogen and oxygen atoms in total. The van der Waals surface area contributed by atoms with Crippen LogP contribution in [0.4, 0.5) is 0 Å². The van der Waals surface area contributed by atoms with Crippen LogP contribution in [0.5, 0.6) is 5.75 Å². The van der Waals surface area contributed by atoms with Crippen LogP contribution in [0.3, 0.4) is 0 Å². The molecule has 0 aliphatic heterocycles. The van der Waals surface area contributed by atoms with Crippen LogP contribution in [0.1, 0.15) is 25.0 Å². The highest BCUT2D eigenvalue weighted by atomic mass is 79.9. The zero-order valence-corrected chi connectivity index (χ0v) is 14.5. The minimum atomic E-state index is -0.312. The molecule has 2 rings (SSSR count). The zero-order valence-electron chi connectivity index (χ0n) is 11.4. The van der Waals surface area contributed by atoms with Crippen molar-refractivity contribution in [3.8, 4) is 5.75 Å². The Bertz CT molecular complexity index is 610. The molecule has 0 spiro atoms. The lowest BCUT2D eigenvalue weighted by Gasteiger charge is -2.25. The summed E-state index contributed by atoms with van der Waals surface area (Å²) in [4.78, 5) is 4.01. The summed E-state index contributed by atoms with van der Waals surface area (Å²) in [6, 6.07) is 7.00. The smallest absolute Gasteiger partial charge is 0.140 e. The van der Waals surface area contributed by atoms with Gasteiger partial charge in [-0.15, -0.1) is 0 Å². The van der Waals surface area contributed by atoms with E-state index in [1.54, 1.807) is 24.5 Å². The lowest BCUT2D eigenvalue weighted by atomic mass is 10.0. The van der Waals surface area contributed by atoms with Gasteiger partial charge >= 0.3 is 0 Å². The van der Waals surface area contributed by atoms with Crippen molar-refractivity contribution in [2.75, 3.05) is 0 Å². The fourth-order valence-electron chi connectivity index (χ4n) is 1.90. The average molecular weight is 390 g/mol. The molecule has 2 unspecified atom stereocenters. The summed E-state index contributed by atoms with van der Waals surface area (Å²) in [5.41, 5.74) is 7.14. The van der Waals surface area contributed by atoms with Crippen molar-refractivity contribution in [2.45, 2.75) is 25.5 Å². The van der Waals surface area contributed by atoms with Gasteiger partial charge in [0.15, 0.2) is 0 Å². The number of rotatable bonds is 5. The number of nitrogens with zero attached hydrogens (tertiary/aromatic N) is 1. The first-order valence-electron chi connectivity index (χ1n) is 6.49. The molecule has 112 valence electrons. The van der Waals surface area contributed by atoms with E-state index in [0.717, 1.165) is 16.5 Å². The van der Waals surface area contributed by atoms with Crippen LogP contribution >= 0.6 is 39.1 Å². The van der Waals surface area contributed by atoms with Gasteiger partial charge < -0.3 is 10.5 Å². The van der Waals surface area contributed by atoms with Crippen LogP contribution < -0.4 is 10.5 Å². The summed E-state index contributed by atoms with van der Waals surface area (Å²) in [6.45, 7) is 2.01. The van der Waals surface area contributed by atoms with E-state index in [1.807, 2.05) is 19.1 Å². The van der Waals surface area contributed by atoms with Crippen molar-refractivity contribution in [2.24, 2.45) is 5.73 Å². The van der Waals surface area contributed by atoms with E-state index in [9.17, 15) is 0 Å². The molecule has 0 saturated heterocycles. The molecular weight excluding hydrogens is 375 g/mol. The van der Waals surface area contributed by atoms with Gasteiger partial charge in [-0.1, -0.05) is 30.1 Å². The Labute approximate surface area is 142 Å². The second kappa shape index (κ2) is 7.45. The van der Waals surface area contributed by atoms with E-state index in [1.165, 1.54) is 0 Å². The topological polar surface area (TPSA) is 48.1 Å². The molecule has 2 aromatic rings. The third kappa shape index (κ3) is 4.10. The van der Waals surface area contributed by atoms with Gasteiger partial charge in [-0.05, 0) is 46.1 Å². The zero-order chi connectivity index (χ0) is 15.4. The molecular formula is C15H15BrCl2N2O. The Kier molecular flexibility index (Phi) is 5.88. The predicted octanol–water partition coefficient (Wildman–Crippen LogP) is 5.01. The van der Waals surface area contributed by atoms with Gasteiger partial charge in [-0.3, -0.25) is 4.98 Å². The molecule has 0 saturated carbocycles. The molecule has 0 bridgehead atoms. The highest BCUT2D eigenvalue weighted by Gasteiger charge is 2.22. The molecule has 21 heavy (non-hydrogen) atoms. The maximum Gasteiger partial charge on any atom is 0.140 e. The van der Waals surface area contributed by atoms with Gasteiger partial charge in [-0.25, -0.2) is 0 Å². The monoisotopic (exact) mass is 388 g/mol. The molecule has 1 aromatic heterocycles. The average Bonchev–Trinajstić information content (AvgIpc) is 2.49. The van der Waals surface area contributed by atoms with Crippen LogP contribution in [-0.2, 0) is 0 Å². The van der Waals surface area contributed by atoms with Gasteiger partial charge in [0.2, 0.25) is 0 Å². The number of aromatic nitrogens is 1. The quantitative estimate of drug-likeness (QED) is 0.731. The number of halogens is 3. The Morgan fingerprint density at radius 1 is 1.24 bits per heavy atom. The van der Waals surface area contributed by atoms with Crippen molar-refractivity contribution >= 4 is 39.1 Å². The van der Waals surface area contributed by atoms with Crippen LogP contribution in [0, 0.1) is 0 Å². The number of hydrogen-bond donors (Lipinski definition) is 1. The first-order chi connectivity index (χ1) is 10.0. The van der Waals surface area contributed by atoms with Gasteiger partial charge in [0.1, 0.15) is 11.9 Å². The fraction of sp³-hybridized carbons (Fsp3) is 0.267. The lowest BCUT2D eigenvalue weighted by Crippen LogP contribution is -2.31. The molecule has 0 fully saturated rings. The van der Waals surface area contributed by atoms with E-state index < -0.39 is 0 Å². The maximum atomic E-state index is 6.21. The maximum absolute atomic E-state index is 6.21.